The van der Waals surface area contributed by atoms with Gasteiger partial charge in [-0.15, -0.1) is 0 Å². The summed E-state index contributed by atoms with van der Waals surface area (Å²) in [6.07, 6.45) is 1.73. The highest BCUT2D eigenvalue weighted by atomic mass is 19.1. The Labute approximate surface area is 139 Å². The standard InChI is InChI=1S/C18H19FN4O/c1-11(2)17-15(16-7-12(3)23-24-16)10-21-18(22-17)20-9-13-5-4-6-14(19)8-13/h4-8,10-11H,9H2,1-3H3,(H,20,21,22). The van der Waals surface area contributed by atoms with Gasteiger partial charge in [-0.1, -0.05) is 31.1 Å². The van der Waals surface area contributed by atoms with Gasteiger partial charge in [0, 0.05) is 18.8 Å². The van der Waals surface area contributed by atoms with Crippen molar-refractivity contribution < 1.29 is 8.91 Å². The van der Waals surface area contributed by atoms with Gasteiger partial charge in [0.05, 0.1) is 17.0 Å². The molecular weight excluding hydrogens is 307 g/mol. The van der Waals surface area contributed by atoms with Gasteiger partial charge in [-0.25, -0.2) is 14.4 Å². The molecule has 124 valence electrons. The van der Waals surface area contributed by atoms with Gasteiger partial charge >= 0.3 is 0 Å². The highest BCUT2D eigenvalue weighted by molar-refractivity contribution is 5.61. The van der Waals surface area contributed by atoms with Gasteiger partial charge in [0.25, 0.3) is 0 Å². The molecule has 6 heteroatoms. The van der Waals surface area contributed by atoms with Crippen molar-refractivity contribution in [1.82, 2.24) is 15.1 Å². The van der Waals surface area contributed by atoms with E-state index in [0.29, 0.717) is 18.3 Å². The third-order valence-electron chi connectivity index (χ3n) is 3.60. The quantitative estimate of drug-likeness (QED) is 0.756. The maximum absolute atomic E-state index is 13.2. The Bertz CT molecular complexity index is 845. The van der Waals surface area contributed by atoms with Crippen LogP contribution in [0.4, 0.5) is 10.3 Å². The fourth-order valence-electron chi connectivity index (χ4n) is 2.43. The smallest absolute Gasteiger partial charge is 0.223 e. The number of nitrogens with zero attached hydrogens (tertiary/aromatic N) is 3. The minimum atomic E-state index is -0.255. The summed E-state index contributed by atoms with van der Waals surface area (Å²) in [5.41, 5.74) is 3.36. The van der Waals surface area contributed by atoms with E-state index < -0.39 is 0 Å². The van der Waals surface area contributed by atoms with E-state index in [0.717, 1.165) is 22.5 Å². The maximum Gasteiger partial charge on any atom is 0.223 e. The first-order valence-corrected chi connectivity index (χ1v) is 7.82. The molecule has 0 saturated carbocycles. The van der Waals surface area contributed by atoms with Crippen molar-refractivity contribution in [3.05, 3.63) is 59.3 Å². The predicted molar refractivity (Wildman–Crippen MR) is 90.1 cm³/mol. The van der Waals surface area contributed by atoms with Gasteiger partial charge in [0.2, 0.25) is 5.95 Å². The molecule has 0 saturated heterocycles. The van der Waals surface area contributed by atoms with Crippen LogP contribution >= 0.6 is 0 Å². The van der Waals surface area contributed by atoms with Gasteiger partial charge in [0.1, 0.15) is 5.82 Å². The Hall–Kier alpha value is -2.76. The molecule has 0 fully saturated rings. The second-order valence-corrected chi connectivity index (χ2v) is 5.96. The van der Waals surface area contributed by atoms with Crippen LogP contribution in [0, 0.1) is 12.7 Å². The zero-order chi connectivity index (χ0) is 17.1. The molecule has 1 aromatic carbocycles. The van der Waals surface area contributed by atoms with Crippen molar-refractivity contribution in [1.29, 1.82) is 0 Å². The van der Waals surface area contributed by atoms with E-state index in [2.05, 4.69) is 34.3 Å². The molecule has 1 N–H and O–H groups in total. The molecule has 2 aromatic heterocycles. The first kappa shape index (κ1) is 16.1. The summed E-state index contributed by atoms with van der Waals surface area (Å²) in [5.74, 6) is 1.10. The van der Waals surface area contributed by atoms with Crippen LogP contribution in [0.3, 0.4) is 0 Å². The Balaban J connectivity index is 1.84. The average molecular weight is 326 g/mol. The third-order valence-corrected chi connectivity index (χ3v) is 3.60. The number of halogens is 1. The predicted octanol–water partition coefficient (Wildman–Crippen LogP) is 4.31. The molecule has 0 atom stereocenters. The number of anilines is 1. The zero-order valence-electron chi connectivity index (χ0n) is 13.9. The normalized spacial score (nSPS) is 11.0. The monoisotopic (exact) mass is 326 g/mol. The minimum Gasteiger partial charge on any atom is -0.356 e. The van der Waals surface area contributed by atoms with Crippen LogP contribution in [0.1, 0.15) is 36.7 Å². The number of rotatable bonds is 5. The lowest BCUT2D eigenvalue weighted by Gasteiger charge is -2.12. The highest BCUT2D eigenvalue weighted by Gasteiger charge is 2.16. The summed E-state index contributed by atoms with van der Waals surface area (Å²) in [6.45, 7) is 6.45. The minimum absolute atomic E-state index is 0.197. The van der Waals surface area contributed by atoms with Crippen LogP contribution < -0.4 is 5.32 Å². The van der Waals surface area contributed by atoms with Crippen LogP contribution in [0.2, 0.25) is 0 Å². The molecule has 0 aliphatic carbocycles. The molecule has 0 aliphatic rings. The van der Waals surface area contributed by atoms with Crippen molar-refractivity contribution in [2.75, 3.05) is 5.32 Å². The van der Waals surface area contributed by atoms with E-state index in [9.17, 15) is 4.39 Å². The van der Waals surface area contributed by atoms with E-state index in [1.807, 2.05) is 19.1 Å². The fourth-order valence-corrected chi connectivity index (χ4v) is 2.43. The molecular formula is C18H19FN4O. The van der Waals surface area contributed by atoms with Crippen molar-refractivity contribution in [3.8, 4) is 11.3 Å². The van der Waals surface area contributed by atoms with Crippen LogP contribution in [0.5, 0.6) is 0 Å². The Morgan fingerprint density at radius 3 is 2.75 bits per heavy atom. The van der Waals surface area contributed by atoms with Crippen molar-refractivity contribution in [2.45, 2.75) is 33.2 Å². The van der Waals surface area contributed by atoms with Crippen molar-refractivity contribution >= 4 is 5.95 Å². The summed E-state index contributed by atoms with van der Waals surface area (Å²) in [5, 5.41) is 7.05. The lowest BCUT2D eigenvalue weighted by molar-refractivity contribution is 0.426. The second-order valence-electron chi connectivity index (χ2n) is 5.96. The number of nitrogens with one attached hydrogen (secondary N) is 1. The summed E-state index contributed by atoms with van der Waals surface area (Å²) in [7, 11) is 0. The Kier molecular flexibility index (Phi) is 4.55. The first-order valence-electron chi connectivity index (χ1n) is 7.82. The molecule has 3 aromatic rings. The lowest BCUT2D eigenvalue weighted by Crippen LogP contribution is -2.07. The fraction of sp³-hybridized carbons (Fsp3) is 0.278. The molecule has 3 rings (SSSR count). The van der Waals surface area contributed by atoms with E-state index in [1.165, 1.54) is 12.1 Å². The first-order chi connectivity index (χ1) is 11.5. The third kappa shape index (κ3) is 3.59. The SMILES string of the molecule is Cc1cc(-c2cnc(NCc3cccc(F)c3)nc2C(C)C)on1. The molecule has 24 heavy (non-hydrogen) atoms. The number of hydrogen-bond acceptors (Lipinski definition) is 5. The molecule has 2 heterocycles. The molecule has 0 unspecified atom stereocenters. The number of aromatic nitrogens is 3. The van der Waals surface area contributed by atoms with Gasteiger partial charge in [-0.05, 0) is 30.5 Å². The van der Waals surface area contributed by atoms with Gasteiger partial charge in [-0.2, -0.15) is 0 Å². The zero-order valence-corrected chi connectivity index (χ0v) is 13.9. The van der Waals surface area contributed by atoms with Crippen molar-refractivity contribution in [3.63, 3.8) is 0 Å². The summed E-state index contributed by atoms with van der Waals surface area (Å²) < 4.78 is 18.6. The molecule has 5 nitrogen and oxygen atoms in total. The summed E-state index contributed by atoms with van der Waals surface area (Å²) in [4.78, 5) is 8.93. The molecule has 0 bridgehead atoms. The van der Waals surface area contributed by atoms with Crippen LogP contribution in [0.25, 0.3) is 11.3 Å². The lowest BCUT2D eigenvalue weighted by atomic mass is 10.0. The number of hydrogen-bond donors (Lipinski definition) is 1. The Morgan fingerprint density at radius 2 is 2.08 bits per heavy atom. The highest BCUT2D eigenvalue weighted by Crippen LogP contribution is 2.28. The molecule has 0 amide bonds. The van der Waals surface area contributed by atoms with Crippen LogP contribution in [-0.2, 0) is 6.54 Å². The summed E-state index contributed by atoms with van der Waals surface area (Å²) >= 11 is 0. The molecule has 0 aliphatic heterocycles. The van der Waals surface area contributed by atoms with E-state index >= 15 is 0 Å². The number of aryl methyl sites for hydroxylation is 1. The van der Waals surface area contributed by atoms with Crippen molar-refractivity contribution in [2.24, 2.45) is 0 Å². The summed E-state index contributed by atoms with van der Waals surface area (Å²) in [6, 6.07) is 8.31. The molecule has 0 radical (unpaired) electrons. The maximum atomic E-state index is 13.2. The van der Waals surface area contributed by atoms with Gasteiger partial charge in [0.15, 0.2) is 5.76 Å². The average Bonchev–Trinajstić information content (AvgIpc) is 2.99. The topological polar surface area (TPSA) is 63.8 Å². The van der Waals surface area contributed by atoms with Gasteiger partial charge < -0.3 is 9.84 Å². The second kappa shape index (κ2) is 6.78. The van der Waals surface area contributed by atoms with E-state index in [4.69, 9.17) is 4.52 Å². The largest absolute Gasteiger partial charge is 0.356 e. The molecule has 0 spiro atoms. The number of benzene rings is 1. The van der Waals surface area contributed by atoms with E-state index in [1.54, 1.807) is 12.3 Å². The van der Waals surface area contributed by atoms with Crippen LogP contribution in [0.15, 0.2) is 41.1 Å². The van der Waals surface area contributed by atoms with Crippen LogP contribution in [-0.4, -0.2) is 15.1 Å². The van der Waals surface area contributed by atoms with Gasteiger partial charge in [-0.3, -0.25) is 0 Å². The van der Waals surface area contributed by atoms with E-state index in [-0.39, 0.29) is 11.7 Å². The Morgan fingerprint density at radius 1 is 1.25 bits per heavy atom.